The second-order valence-corrected chi connectivity index (χ2v) is 4.43. The monoisotopic (exact) mass is 305 g/mol. The minimum Gasteiger partial charge on any atom is -0.388 e. The van der Waals surface area contributed by atoms with Gasteiger partial charge in [-0.2, -0.15) is 9.37 Å². The SMILES string of the molecule is NS(=O)(=O)c1nc(OC(F)(F)F)cc([N+](=O)[O-])c1F. The van der Waals surface area contributed by atoms with Gasteiger partial charge in [-0.3, -0.25) is 10.1 Å². The molecule has 0 unspecified atom stereocenters. The summed E-state index contributed by atoms with van der Waals surface area (Å²) in [6.45, 7) is 0. The number of halogens is 4. The fraction of sp³-hybridized carbons (Fsp3) is 0.167. The topological polar surface area (TPSA) is 125 Å². The molecule has 0 fully saturated rings. The minimum absolute atomic E-state index is 0.0164. The number of aromatic nitrogens is 1. The second-order valence-electron chi connectivity index (χ2n) is 2.95. The van der Waals surface area contributed by atoms with Crippen LogP contribution in [0.15, 0.2) is 11.1 Å². The summed E-state index contributed by atoms with van der Waals surface area (Å²) in [6, 6.07) is -0.0164. The van der Waals surface area contributed by atoms with E-state index in [1.54, 1.807) is 0 Å². The first kappa shape index (κ1) is 15.0. The summed E-state index contributed by atoms with van der Waals surface area (Å²) in [7, 11) is -4.91. The number of nitrogens with two attached hydrogens (primary N) is 1. The lowest BCUT2D eigenvalue weighted by molar-refractivity contribution is -0.388. The molecule has 1 rings (SSSR count). The van der Waals surface area contributed by atoms with Gasteiger partial charge in [-0.1, -0.05) is 0 Å². The second kappa shape index (κ2) is 4.58. The lowest BCUT2D eigenvalue weighted by Gasteiger charge is -2.09. The van der Waals surface area contributed by atoms with Crippen LogP contribution in [0.5, 0.6) is 5.88 Å². The number of hydrogen-bond acceptors (Lipinski definition) is 6. The number of nitrogens with zero attached hydrogens (tertiary/aromatic N) is 2. The number of hydrogen-bond donors (Lipinski definition) is 1. The van der Waals surface area contributed by atoms with Crippen LogP contribution in [0.1, 0.15) is 0 Å². The quantitative estimate of drug-likeness (QED) is 0.497. The maximum atomic E-state index is 13.3. The first-order valence-corrected chi connectivity index (χ1v) is 5.60. The Bertz CT molecular complexity index is 628. The van der Waals surface area contributed by atoms with Crippen molar-refractivity contribution < 1.29 is 35.6 Å². The van der Waals surface area contributed by atoms with Gasteiger partial charge in [0.25, 0.3) is 10.0 Å². The summed E-state index contributed by atoms with van der Waals surface area (Å²) in [5.74, 6) is -3.51. The van der Waals surface area contributed by atoms with Crippen LogP contribution in [0, 0.1) is 15.9 Å². The molecule has 0 spiro atoms. The molecular formula is C6H3F4N3O5S. The largest absolute Gasteiger partial charge is 0.574 e. The highest BCUT2D eigenvalue weighted by Gasteiger charge is 2.35. The van der Waals surface area contributed by atoms with E-state index < -0.39 is 43.7 Å². The molecule has 106 valence electrons. The Hall–Kier alpha value is -2.02. The maximum absolute atomic E-state index is 13.3. The number of pyridine rings is 1. The zero-order valence-electron chi connectivity index (χ0n) is 8.51. The molecule has 1 heterocycles. The van der Waals surface area contributed by atoms with Crippen molar-refractivity contribution in [3.05, 3.63) is 22.0 Å². The summed E-state index contributed by atoms with van der Waals surface area (Å²) in [5, 5.41) is 13.1. The molecule has 1 aromatic heterocycles. The number of primary sulfonamides is 1. The van der Waals surface area contributed by atoms with Crippen molar-refractivity contribution in [3.8, 4) is 5.88 Å². The van der Waals surface area contributed by atoms with Crippen LogP contribution in [0.4, 0.5) is 23.2 Å². The van der Waals surface area contributed by atoms with Crippen molar-refractivity contribution in [2.24, 2.45) is 5.14 Å². The highest BCUT2D eigenvalue weighted by atomic mass is 32.2. The van der Waals surface area contributed by atoms with Crippen molar-refractivity contribution in [3.63, 3.8) is 0 Å². The number of sulfonamides is 1. The molecule has 13 heteroatoms. The Morgan fingerprint density at radius 3 is 2.32 bits per heavy atom. The van der Waals surface area contributed by atoms with E-state index in [2.05, 4.69) is 14.9 Å². The van der Waals surface area contributed by atoms with Gasteiger partial charge in [0.05, 0.1) is 11.0 Å². The van der Waals surface area contributed by atoms with Crippen LogP contribution < -0.4 is 9.88 Å². The van der Waals surface area contributed by atoms with E-state index in [4.69, 9.17) is 0 Å². The Balaban J connectivity index is 3.54. The van der Waals surface area contributed by atoms with E-state index in [9.17, 15) is 36.1 Å². The lowest BCUT2D eigenvalue weighted by atomic mass is 10.4. The van der Waals surface area contributed by atoms with Gasteiger partial charge in [-0.15, -0.1) is 13.2 Å². The summed E-state index contributed by atoms with van der Waals surface area (Å²) < 4.78 is 73.9. The van der Waals surface area contributed by atoms with Crippen molar-refractivity contribution in [1.29, 1.82) is 0 Å². The third kappa shape index (κ3) is 3.72. The molecule has 0 aliphatic rings. The lowest BCUT2D eigenvalue weighted by Crippen LogP contribution is -2.21. The van der Waals surface area contributed by atoms with E-state index >= 15 is 0 Å². The molecule has 0 saturated carbocycles. The molecule has 0 amide bonds. The molecule has 8 nitrogen and oxygen atoms in total. The zero-order chi connectivity index (χ0) is 15.0. The first-order valence-electron chi connectivity index (χ1n) is 4.05. The highest BCUT2D eigenvalue weighted by Crippen LogP contribution is 2.29. The van der Waals surface area contributed by atoms with Crippen molar-refractivity contribution in [2.75, 3.05) is 0 Å². The minimum atomic E-state index is -5.30. The molecule has 0 bridgehead atoms. The van der Waals surface area contributed by atoms with Crippen molar-refractivity contribution >= 4 is 15.7 Å². The summed E-state index contributed by atoms with van der Waals surface area (Å²) >= 11 is 0. The van der Waals surface area contributed by atoms with Crippen LogP contribution in [0.3, 0.4) is 0 Å². The molecule has 0 atom stereocenters. The zero-order valence-corrected chi connectivity index (χ0v) is 9.33. The van der Waals surface area contributed by atoms with E-state index in [0.717, 1.165) is 0 Å². The highest BCUT2D eigenvalue weighted by molar-refractivity contribution is 7.89. The van der Waals surface area contributed by atoms with Crippen LogP contribution in [-0.4, -0.2) is 24.7 Å². The van der Waals surface area contributed by atoms with Gasteiger partial charge in [0.1, 0.15) is 0 Å². The molecule has 0 saturated heterocycles. The van der Waals surface area contributed by atoms with Crippen LogP contribution in [-0.2, 0) is 10.0 Å². The standard InChI is InChI=1S/C6H3F4N3O5S/c7-4-2(13(14)15)1-3(18-6(8,9)10)12-5(4)19(11,16)17/h1H,(H2,11,16,17). The van der Waals surface area contributed by atoms with Crippen molar-refractivity contribution in [1.82, 2.24) is 4.98 Å². The van der Waals surface area contributed by atoms with Gasteiger partial charge in [0.15, 0.2) is 0 Å². The average Bonchev–Trinajstić information content (AvgIpc) is 2.16. The fourth-order valence-electron chi connectivity index (χ4n) is 0.964. The maximum Gasteiger partial charge on any atom is 0.574 e. The average molecular weight is 305 g/mol. The van der Waals surface area contributed by atoms with E-state index in [1.165, 1.54) is 0 Å². The van der Waals surface area contributed by atoms with E-state index in [1.807, 2.05) is 0 Å². The molecule has 0 radical (unpaired) electrons. The predicted molar refractivity (Wildman–Crippen MR) is 48.9 cm³/mol. The Morgan fingerprint density at radius 1 is 1.42 bits per heavy atom. The summed E-state index contributed by atoms with van der Waals surface area (Å²) in [4.78, 5) is 11.6. The number of rotatable bonds is 3. The van der Waals surface area contributed by atoms with Crippen LogP contribution in [0.2, 0.25) is 0 Å². The third-order valence-corrected chi connectivity index (χ3v) is 2.38. The van der Waals surface area contributed by atoms with Gasteiger partial charge in [0, 0.05) is 0 Å². The fourth-order valence-corrected chi connectivity index (χ4v) is 1.54. The molecule has 1 aromatic rings. The summed E-state index contributed by atoms with van der Waals surface area (Å²) in [5.41, 5.74) is -1.57. The first-order chi connectivity index (χ1) is 8.42. The molecule has 0 aromatic carbocycles. The van der Waals surface area contributed by atoms with Gasteiger partial charge in [0.2, 0.25) is 16.7 Å². The normalized spacial score (nSPS) is 12.3. The number of alkyl halides is 3. The van der Waals surface area contributed by atoms with Crippen LogP contribution in [0.25, 0.3) is 0 Å². The molecule has 0 aliphatic heterocycles. The Morgan fingerprint density at radius 2 is 1.95 bits per heavy atom. The van der Waals surface area contributed by atoms with Gasteiger partial charge in [-0.25, -0.2) is 13.6 Å². The van der Waals surface area contributed by atoms with Crippen molar-refractivity contribution in [2.45, 2.75) is 11.4 Å². The number of nitro groups is 1. The van der Waals surface area contributed by atoms with Gasteiger partial charge >= 0.3 is 12.0 Å². The number of ether oxygens (including phenoxy) is 1. The van der Waals surface area contributed by atoms with E-state index in [-0.39, 0.29) is 6.07 Å². The van der Waals surface area contributed by atoms with Gasteiger partial charge in [-0.05, 0) is 0 Å². The molecule has 19 heavy (non-hydrogen) atoms. The smallest absolute Gasteiger partial charge is 0.388 e. The van der Waals surface area contributed by atoms with E-state index in [0.29, 0.717) is 0 Å². The Kier molecular flexibility index (Phi) is 3.63. The predicted octanol–water partition coefficient (Wildman–Crippen LogP) is 0.675. The molecule has 2 N–H and O–H groups in total. The Labute approximate surface area is 102 Å². The molecular weight excluding hydrogens is 302 g/mol. The third-order valence-electron chi connectivity index (χ3n) is 1.57. The summed E-state index contributed by atoms with van der Waals surface area (Å²) in [6.07, 6.45) is -5.30. The molecule has 0 aliphatic carbocycles. The van der Waals surface area contributed by atoms with Crippen LogP contribution >= 0.6 is 0 Å². The van der Waals surface area contributed by atoms with Gasteiger partial charge < -0.3 is 4.74 Å².